The van der Waals surface area contributed by atoms with Gasteiger partial charge in [-0.2, -0.15) is 0 Å². The summed E-state index contributed by atoms with van der Waals surface area (Å²) < 4.78 is -0.620. The number of nitrogens with one attached hydrogen (secondary N) is 1. The number of carbonyl (C=O) groups is 2. The SMILES string of the molecule is NC(=O)NCC(I)C(=O)O. The summed E-state index contributed by atoms with van der Waals surface area (Å²) in [5.74, 6) is -0.964. The summed E-state index contributed by atoms with van der Waals surface area (Å²) in [6.45, 7) is 0.0607. The quantitative estimate of drug-likeness (QED) is 0.472. The zero-order valence-electron chi connectivity index (χ0n) is 5.00. The van der Waals surface area contributed by atoms with Crippen molar-refractivity contribution in [1.29, 1.82) is 0 Å². The van der Waals surface area contributed by atoms with Gasteiger partial charge in [-0.1, -0.05) is 22.6 Å². The van der Waals surface area contributed by atoms with Gasteiger partial charge >= 0.3 is 12.0 Å². The van der Waals surface area contributed by atoms with E-state index in [0.717, 1.165) is 0 Å². The van der Waals surface area contributed by atoms with Crippen LogP contribution in [-0.2, 0) is 4.79 Å². The van der Waals surface area contributed by atoms with E-state index in [4.69, 9.17) is 10.8 Å². The number of carbonyl (C=O) groups excluding carboxylic acids is 1. The van der Waals surface area contributed by atoms with Crippen LogP contribution in [0.3, 0.4) is 0 Å². The van der Waals surface area contributed by atoms with Gasteiger partial charge in [0.15, 0.2) is 0 Å². The fourth-order valence-corrected chi connectivity index (χ4v) is 0.498. The number of alkyl halides is 1. The largest absolute Gasteiger partial charge is 0.480 e. The van der Waals surface area contributed by atoms with Gasteiger partial charge in [0.1, 0.15) is 3.92 Å². The molecular weight excluding hydrogens is 251 g/mol. The van der Waals surface area contributed by atoms with E-state index in [0.29, 0.717) is 0 Å². The molecule has 0 aromatic carbocycles. The Morgan fingerprint density at radius 2 is 2.20 bits per heavy atom. The fraction of sp³-hybridized carbons (Fsp3) is 0.500. The monoisotopic (exact) mass is 258 g/mol. The van der Waals surface area contributed by atoms with Crippen LogP contribution in [-0.4, -0.2) is 27.6 Å². The predicted molar refractivity (Wildman–Crippen MR) is 43.0 cm³/mol. The summed E-state index contributed by atoms with van der Waals surface area (Å²) in [4.78, 5) is 20.2. The van der Waals surface area contributed by atoms with E-state index >= 15 is 0 Å². The van der Waals surface area contributed by atoms with Gasteiger partial charge in [-0.15, -0.1) is 0 Å². The number of urea groups is 1. The molecule has 0 saturated carbocycles. The lowest BCUT2D eigenvalue weighted by Crippen LogP contribution is -2.36. The number of halogens is 1. The Morgan fingerprint density at radius 3 is 2.50 bits per heavy atom. The molecule has 2 amide bonds. The van der Waals surface area contributed by atoms with Crippen LogP contribution in [0.4, 0.5) is 4.79 Å². The Labute approximate surface area is 71.1 Å². The molecule has 0 radical (unpaired) electrons. The maximum Gasteiger partial charge on any atom is 0.318 e. The summed E-state index contributed by atoms with van der Waals surface area (Å²) in [6, 6.07) is -0.706. The highest BCUT2D eigenvalue weighted by atomic mass is 127. The first kappa shape index (κ1) is 9.47. The van der Waals surface area contributed by atoms with Gasteiger partial charge in [0.2, 0.25) is 0 Å². The summed E-state index contributed by atoms with van der Waals surface area (Å²) in [5.41, 5.74) is 4.69. The zero-order valence-corrected chi connectivity index (χ0v) is 7.16. The second kappa shape index (κ2) is 4.31. The van der Waals surface area contributed by atoms with Crippen LogP contribution in [0.15, 0.2) is 0 Å². The van der Waals surface area contributed by atoms with Crippen molar-refractivity contribution in [3.8, 4) is 0 Å². The molecule has 0 aromatic heterocycles. The molecule has 0 heterocycles. The molecule has 5 nitrogen and oxygen atoms in total. The van der Waals surface area contributed by atoms with Crippen molar-refractivity contribution < 1.29 is 14.7 Å². The lowest BCUT2D eigenvalue weighted by atomic mass is 10.4. The van der Waals surface area contributed by atoms with Crippen molar-refractivity contribution in [3.63, 3.8) is 0 Å². The van der Waals surface area contributed by atoms with E-state index in [1.165, 1.54) is 0 Å². The number of hydrogen-bond donors (Lipinski definition) is 3. The molecule has 0 bridgehead atoms. The Morgan fingerprint density at radius 1 is 1.70 bits per heavy atom. The highest BCUT2D eigenvalue weighted by molar-refractivity contribution is 14.1. The van der Waals surface area contributed by atoms with Crippen molar-refractivity contribution in [2.45, 2.75) is 3.92 Å². The van der Waals surface area contributed by atoms with E-state index in [2.05, 4.69) is 5.32 Å². The standard InChI is InChI=1S/C4H7IN2O3/c5-2(3(8)9)1-7-4(6)10/h2H,1H2,(H,8,9)(H3,6,7,10). The van der Waals surface area contributed by atoms with Crippen molar-refractivity contribution in [3.05, 3.63) is 0 Å². The van der Waals surface area contributed by atoms with Gasteiger partial charge in [0.25, 0.3) is 0 Å². The minimum Gasteiger partial charge on any atom is -0.480 e. The predicted octanol–water partition coefficient (Wildman–Crippen LogP) is -0.457. The third-order valence-electron chi connectivity index (χ3n) is 0.723. The number of primary amides is 1. The summed E-state index contributed by atoms with van der Waals surface area (Å²) in [6.07, 6.45) is 0. The van der Waals surface area contributed by atoms with Crippen molar-refractivity contribution in [2.24, 2.45) is 5.73 Å². The third kappa shape index (κ3) is 4.36. The maximum absolute atomic E-state index is 10.1. The average Bonchev–Trinajstić information content (AvgIpc) is 1.82. The fourth-order valence-electron chi connectivity index (χ4n) is 0.278. The smallest absolute Gasteiger partial charge is 0.318 e. The van der Waals surface area contributed by atoms with Crippen molar-refractivity contribution >= 4 is 34.6 Å². The van der Waals surface area contributed by atoms with Crippen LogP contribution in [0.5, 0.6) is 0 Å². The first-order valence-electron chi connectivity index (χ1n) is 2.44. The van der Waals surface area contributed by atoms with Gasteiger partial charge in [-0.25, -0.2) is 4.79 Å². The summed E-state index contributed by atoms with van der Waals surface area (Å²) in [7, 11) is 0. The first-order valence-corrected chi connectivity index (χ1v) is 3.68. The molecule has 0 aliphatic carbocycles. The number of carboxylic acid groups (broad SMARTS) is 1. The molecule has 10 heavy (non-hydrogen) atoms. The van der Waals surface area contributed by atoms with E-state index < -0.39 is 15.9 Å². The molecule has 0 aliphatic rings. The highest BCUT2D eigenvalue weighted by Gasteiger charge is 2.12. The Kier molecular flexibility index (Phi) is 4.08. The maximum atomic E-state index is 10.1. The second-order valence-electron chi connectivity index (χ2n) is 1.55. The Hall–Kier alpha value is -0.530. The number of amides is 2. The number of rotatable bonds is 3. The summed E-state index contributed by atoms with van der Waals surface area (Å²) >= 11 is 1.70. The van der Waals surface area contributed by atoms with Crippen LogP contribution >= 0.6 is 22.6 Å². The highest BCUT2D eigenvalue weighted by Crippen LogP contribution is 1.97. The van der Waals surface area contributed by atoms with Crippen LogP contribution in [0, 0.1) is 0 Å². The first-order chi connectivity index (χ1) is 4.54. The molecule has 0 spiro atoms. The molecule has 0 aromatic rings. The van der Waals surface area contributed by atoms with Crippen molar-refractivity contribution in [1.82, 2.24) is 5.32 Å². The van der Waals surface area contributed by atoms with Crippen molar-refractivity contribution in [2.75, 3.05) is 6.54 Å². The minimum absolute atomic E-state index is 0.0607. The van der Waals surface area contributed by atoms with Gasteiger partial charge in [0.05, 0.1) is 0 Å². The van der Waals surface area contributed by atoms with E-state index in [-0.39, 0.29) is 6.54 Å². The molecule has 1 unspecified atom stereocenters. The lowest BCUT2D eigenvalue weighted by Gasteiger charge is -2.02. The topological polar surface area (TPSA) is 92.4 Å². The molecule has 0 rings (SSSR count). The number of nitrogens with two attached hydrogens (primary N) is 1. The number of hydrogen-bond acceptors (Lipinski definition) is 2. The minimum atomic E-state index is -0.964. The van der Waals surface area contributed by atoms with Gasteiger partial charge < -0.3 is 16.2 Å². The lowest BCUT2D eigenvalue weighted by molar-refractivity contribution is -0.135. The van der Waals surface area contributed by atoms with Gasteiger partial charge in [-0.3, -0.25) is 4.79 Å². The van der Waals surface area contributed by atoms with Crippen LogP contribution in [0.1, 0.15) is 0 Å². The van der Waals surface area contributed by atoms with Crippen LogP contribution in [0.2, 0.25) is 0 Å². The molecule has 0 aliphatic heterocycles. The molecule has 6 heteroatoms. The molecular formula is C4H7IN2O3. The summed E-state index contributed by atoms with van der Waals surface area (Å²) in [5, 5.41) is 10.5. The van der Waals surface area contributed by atoms with E-state index in [9.17, 15) is 9.59 Å². The number of aliphatic carboxylic acids is 1. The Balaban J connectivity index is 3.49. The normalized spacial score (nSPS) is 12.1. The molecule has 0 fully saturated rings. The second-order valence-corrected chi connectivity index (χ2v) is 3.05. The zero-order chi connectivity index (χ0) is 8.15. The van der Waals surface area contributed by atoms with Gasteiger partial charge in [-0.05, 0) is 0 Å². The van der Waals surface area contributed by atoms with Crippen LogP contribution in [0.25, 0.3) is 0 Å². The Bertz CT molecular complexity index is 149. The van der Waals surface area contributed by atoms with Crippen LogP contribution < -0.4 is 11.1 Å². The molecule has 1 atom stereocenters. The molecule has 4 N–H and O–H groups in total. The molecule has 0 saturated heterocycles. The molecule has 58 valence electrons. The third-order valence-corrected chi connectivity index (χ3v) is 1.70. The number of carboxylic acids is 1. The van der Waals surface area contributed by atoms with Gasteiger partial charge in [0, 0.05) is 6.54 Å². The van der Waals surface area contributed by atoms with E-state index in [1.54, 1.807) is 22.6 Å². The van der Waals surface area contributed by atoms with E-state index in [1.807, 2.05) is 0 Å². The average molecular weight is 258 g/mol.